The highest BCUT2D eigenvalue weighted by atomic mass is 19.3. The van der Waals surface area contributed by atoms with Gasteiger partial charge in [-0.05, 0) is 42.9 Å². The van der Waals surface area contributed by atoms with Gasteiger partial charge in [0.05, 0.1) is 0 Å². The van der Waals surface area contributed by atoms with E-state index in [1.165, 1.54) is 0 Å². The van der Waals surface area contributed by atoms with Gasteiger partial charge in [0, 0.05) is 6.42 Å². The second kappa shape index (κ2) is 4.62. The molecule has 1 rings (SSSR count). The summed E-state index contributed by atoms with van der Waals surface area (Å²) in [6.07, 6.45) is 3.31. The maximum atomic E-state index is 13.4. The Hall–Kier alpha value is -0.140. The third-order valence-electron chi connectivity index (χ3n) is 4.49. The van der Waals surface area contributed by atoms with Crippen molar-refractivity contribution in [3.05, 3.63) is 0 Å². The summed E-state index contributed by atoms with van der Waals surface area (Å²) in [6, 6.07) is 0. The molecule has 96 valence electrons. The van der Waals surface area contributed by atoms with E-state index in [1.54, 1.807) is 0 Å². The van der Waals surface area contributed by atoms with Crippen LogP contribution in [0, 0.1) is 23.2 Å². The quantitative estimate of drug-likeness (QED) is 0.630. The molecule has 0 aromatic heterocycles. The van der Waals surface area contributed by atoms with Gasteiger partial charge in [-0.3, -0.25) is 0 Å². The van der Waals surface area contributed by atoms with E-state index in [-0.39, 0.29) is 11.8 Å². The highest BCUT2D eigenvalue weighted by Crippen LogP contribution is 2.56. The standard InChI is InChI=1S/C14H26F2/c1-10(2)12-7-6-8-14(12,11(3)4)9-13(5,15)16/h10-12H,6-9H2,1-5H3. The van der Waals surface area contributed by atoms with E-state index in [2.05, 4.69) is 27.7 Å². The molecule has 1 aliphatic carbocycles. The normalized spacial score (nSPS) is 31.7. The van der Waals surface area contributed by atoms with Gasteiger partial charge in [0.1, 0.15) is 0 Å². The zero-order valence-corrected chi connectivity index (χ0v) is 11.3. The van der Waals surface area contributed by atoms with E-state index in [4.69, 9.17) is 0 Å². The van der Waals surface area contributed by atoms with Gasteiger partial charge in [-0.25, -0.2) is 8.78 Å². The Kier molecular flexibility index (Phi) is 4.02. The first-order chi connectivity index (χ1) is 7.19. The molecule has 0 aromatic carbocycles. The summed E-state index contributed by atoms with van der Waals surface area (Å²) in [4.78, 5) is 0. The number of hydrogen-bond acceptors (Lipinski definition) is 0. The Morgan fingerprint density at radius 2 is 1.81 bits per heavy atom. The summed E-state index contributed by atoms with van der Waals surface area (Å²) in [6.45, 7) is 9.67. The summed E-state index contributed by atoms with van der Waals surface area (Å²) in [5, 5.41) is 0. The fourth-order valence-corrected chi connectivity index (χ4v) is 3.84. The van der Waals surface area contributed by atoms with E-state index >= 15 is 0 Å². The maximum Gasteiger partial charge on any atom is 0.246 e. The van der Waals surface area contributed by atoms with Gasteiger partial charge in [-0.2, -0.15) is 0 Å². The van der Waals surface area contributed by atoms with Crippen molar-refractivity contribution in [1.29, 1.82) is 0 Å². The number of alkyl halides is 2. The lowest BCUT2D eigenvalue weighted by molar-refractivity contribution is -0.0652. The molecule has 2 unspecified atom stereocenters. The van der Waals surface area contributed by atoms with Gasteiger partial charge in [0.25, 0.3) is 0 Å². The topological polar surface area (TPSA) is 0 Å². The molecule has 1 fully saturated rings. The van der Waals surface area contributed by atoms with Gasteiger partial charge in [-0.15, -0.1) is 0 Å². The molecule has 0 spiro atoms. The molecule has 0 amide bonds. The molecule has 2 atom stereocenters. The van der Waals surface area contributed by atoms with Gasteiger partial charge in [0.2, 0.25) is 5.92 Å². The first-order valence-corrected chi connectivity index (χ1v) is 6.57. The molecule has 2 heteroatoms. The molecular formula is C14H26F2. The summed E-state index contributed by atoms with van der Waals surface area (Å²) in [5.74, 6) is -1.18. The predicted molar refractivity (Wildman–Crippen MR) is 64.7 cm³/mol. The molecule has 16 heavy (non-hydrogen) atoms. The van der Waals surface area contributed by atoms with E-state index < -0.39 is 5.92 Å². The Bertz CT molecular complexity index is 227. The van der Waals surface area contributed by atoms with Gasteiger partial charge < -0.3 is 0 Å². The highest BCUT2D eigenvalue weighted by Gasteiger charge is 2.50. The van der Waals surface area contributed by atoms with Crippen LogP contribution in [0.5, 0.6) is 0 Å². The fourth-order valence-electron chi connectivity index (χ4n) is 3.84. The van der Waals surface area contributed by atoms with Crippen molar-refractivity contribution >= 4 is 0 Å². The average Bonchev–Trinajstić information content (AvgIpc) is 2.45. The molecule has 0 heterocycles. The zero-order valence-electron chi connectivity index (χ0n) is 11.3. The summed E-state index contributed by atoms with van der Waals surface area (Å²) in [5.41, 5.74) is -0.133. The second-order valence-corrected chi connectivity index (χ2v) is 6.38. The van der Waals surface area contributed by atoms with Crippen LogP contribution in [0.1, 0.15) is 60.3 Å². The molecule has 0 N–H and O–H groups in total. The van der Waals surface area contributed by atoms with Crippen LogP contribution in [-0.2, 0) is 0 Å². The van der Waals surface area contributed by atoms with Crippen LogP contribution in [0.4, 0.5) is 8.78 Å². The summed E-state index contributed by atoms with van der Waals surface area (Å²) in [7, 11) is 0. The molecule has 0 aromatic rings. The number of halogens is 2. The Morgan fingerprint density at radius 1 is 1.25 bits per heavy atom. The minimum atomic E-state index is -2.53. The van der Waals surface area contributed by atoms with E-state index in [9.17, 15) is 8.78 Å². The fraction of sp³-hybridized carbons (Fsp3) is 1.00. The van der Waals surface area contributed by atoms with Crippen molar-refractivity contribution < 1.29 is 8.78 Å². The summed E-state index contributed by atoms with van der Waals surface area (Å²) < 4.78 is 26.8. The van der Waals surface area contributed by atoms with Crippen LogP contribution in [-0.4, -0.2) is 5.92 Å². The van der Waals surface area contributed by atoms with Gasteiger partial charge in [-0.1, -0.05) is 34.1 Å². The van der Waals surface area contributed by atoms with Gasteiger partial charge >= 0.3 is 0 Å². The van der Waals surface area contributed by atoms with Crippen LogP contribution in [0.25, 0.3) is 0 Å². The van der Waals surface area contributed by atoms with E-state index in [1.807, 2.05) is 0 Å². The van der Waals surface area contributed by atoms with Gasteiger partial charge in [0.15, 0.2) is 0 Å². The van der Waals surface area contributed by atoms with Crippen molar-refractivity contribution in [3.8, 4) is 0 Å². The predicted octanol–water partition coefficient (Wildman–Crippen LogP) is 5.13. The van der Waals surface area contributed by atoms with Crippen molar-refractivity contribution in [2.45, 2.75) is 66.2 Å². The monoisotopic (exact) mass is 232 g/mol. The first-order valence-electron chi connectivity index (χ1n) is 6.57. The largest absolute Gasteiger partial charge is 0.246 e. The molecule has 0 radical (unpaired) electrons. The number of hydrogen-bond donors (Lipinski definition) is 0. The SMILES string of the molecule is CC(C)C1CCCC1(CC(C)(F)F)C(C)C. The zero-order chi connectivity index (χ0) is 12.6. The van der Waals surface area contributed by atoms with Crippen molar-refractivity contribution in [3.63, 3.8) is 0 Å². The minimum absolute atomic E-state index is 0.0700. The third-order valence-corrected chi connectivity index (χ3v) is 4.49. The number of rotatable bonds is 4. The Morgan fingerprint density at radius 3 is 2.19 bits per heavy atom. The van der Waals surface area contributed by atoms with Crippen LogP contribution >= 0.6 is 0 Å². The Balaban J connectivity index is 2.96. The average molecular weight is 232 g/mol. The van der Waals surface area contributed by atoms with Crippen molar-refractivity contribution in [2.75, 3.05) is 0 Å². The van der Waals surface area contributed by atoms with E-state index in [0.717, 1.165) is 26.2 Å². The Labute approximate surface area is 98.8 Å². The van der Waals surface area contributed by atoms with E-state index in [0.29, 0.717) is 17.8 Å². The summed E-state index contributed by atoms with van der Waals surface area (Å²) >= 11 is 0. The molecule has 1 aliphatic rings. The molecule has 0 bridgehead atoms. The molecule has 0 nitrogen and oxygen atoms in total. The lowest BCUT2D eigenvalue weighted by Gasteiger charge is -2.43. The minimum Gasteiger partial charge on any atom is -0.207 e. The third kappa shape index (κ3) is 2.75. The second-order valence-electron chi connectivity index (χ2n) is 6.38. The van der Waals surface area contributed by atoms with Crippen molar-refractivity contribution in [2.24, 2.45) is 23.2 Å². The van der Waals surface area contributed by atoms with Crippen LogP contribution in [0.15, 0.2) is 0 Å². The molecule has 1 saturated carbocycles. The smallest absolute Gasteiger partial charge is 0.207 e. The molecule has 0 aliphatic heterocycles. The van der Waals surface area contributed by atoms with Crippen LogP contribution < -0.4 is 0 Å². The first kappa shape index (κ1) is 13.9. The lowest BCUT2D eigenvalue weighted by atomic mass is 9.63. The van der Waals surface area contributed by atoms with Crippen LogP contribution in [0.3, 0.4) is 0 Å². The molecular weight excluding hydrogens is 206 g/mol. The van der Waals surface area contributed by atoms with Crippen LogP contribution in [0.2, 0.25) is 0 Å². The maximum absolute atomic E-state index is 13.4. The molecule has 0 saturated heterocycles. The highest BCUT2D eigenvalue weighted by molar-refractivity contribution is 4.97. The van der Waals surface area contributed by atoms with Crippen molar-refractivity contribution in [1.82, 2.24) is 0 Å². The lowest BCUT2D eigenvalue weighted by Crippen LogP contribution is -2.39.